The Morgan fingerprint density at radius 2 is 2.00 bits per heavy atom. The second kappa shape index (κ2) is 3.94. The molecule has 3 N–H and O–H groups in total. The maximum absolute atomic E-state index is 9.98. The summed E-state index contributed by atoms with van der Waals surface area (Å²) in [6.45, 7) is 0. The topological polar surface area (TPSA) is 59.1 Å². The second-order valence-electron chi connectivity index (χ2n) is 6.03. The fourth-order valence-electron chi connectivity index (χ4n) is 4.00. The first-order valence-electron chi connectivity index (χ1n) is 7.07. The molecule has 1 aromatic carbocycles. The van der Waals surface area contributed by atoms with Gasteiger partial charge < -0.3 is 10.8 Å². The van der Waals surface area contributed by atoms with Gasteiger partial charge >= 0.3 is 0 Å². The molecule has 2 aromatic rings. The third-order valence-corrected chi connectivity index (χ3v) is 4.72. The van der Waals surface area contributed by atoms with Gasteiger partial charge in [-0.05, 0) is 43.6 Å². The van der Waals surface area contributed by atoms with E-state index in [1.807, 2.05) is 24.3 Å². The van der Waals surface area contributed by atoms with Gasteiger partial charge in [-0.25, -0.2) is 0 Å². The minimum atomic E-state index is -0.164. The largest absolute Gasteiger partial charge is 0.398 e. The average molecular weight is 254 g/mol. The number of nitrogens with two attached hydrogens (primary N) is 1. The number of aromatic nitrogens is 1. The predicted molar refractivity (Wildman–Crippen MR) is 75.9 cm³/mol. The van der Waals surface area contributed by atoms with Crippen molar-refractivity contribution >= 4 is 16.6 Å². The lowest BCUT2D eigenvalue weighted by atomic mass is 9.69. The van der Waals surface area contributed by atoms with Crippen LogP contribution in [0.4, 0.5) is 5.69 Å². The lowest BCUT2D eigenvalue weighted by molar-refractivity contribution is 0.0833. The number of hydrogen-bond donors (Lipinski definition) is 2. The van der Waals surface area contributed by atoms with Crippen LogP contribution in [0.15, 0.2) is 24.3 Å². The third kappa shape index (κ3) is 1.65. The van der Waals surface area contributed by atoms with Gasteiger partial charge in [-0.2, -0.15) is 0 Å². The molecule has 3 heteroatoms. The Hall–Kier alpha value is -1.61. The van der Waals surface area contributed by atoms with Crippen LogP contribution in [-0.2, 0) is 6.42 Å². The number of para-hydroxylation sites is 1. The van der Waals surface area contributed by atoms with Crippen LogP contribution in [0, 0.1) is 5.92 Å². The van der Waals surface area contributed by atoms with Crippen molar-refractivity contribution in [2.75, 3.05) is 5.73 Å². The van der Waals surface area contributed by atoms with Crippen LogP contribution in [0.3, 0.4) is 0 Å². The number of aliphatic hydroxyl groups excluding tert-OH is 1. The van der Waals surface area contributed by atoms with E-state index in [-0.39, 0.29) is 6.10 Å². The molecule has 1 aromatic heterocycles. The molecule has 0 spiro atoms. The molecular weight excluding hydrogens is 236 g/mol. The highest BCUT2D eigenvalue weighted by atomic mass is 16.3. The molecule has 1 heterocycles. The Labute approximate surface area is 112 Å². The molecule has 3 atom stereocenters. The molecule has 1 fully saturated rings. The number of benzene rings is 1. The summed E-state index contributed by atoms with van der Waals surface area (Å²) in [5, 5.41) is 11.0. The van der Waals surface area contributed by atoms with Crippen molar-refractivity contribution in [2.45, 2.75) is 37.7 Å². The van der Waals surface area contributed by atoms with E-state index in [1.54, 1.807) is 0 Å². The third-order valence-electron chi connectivity index (χ3n) is 4.72. The van der Waals surface area contributed by atoms with E-state index in [0.29, 0.717) is 11.8 Å². The van der Waals surface area contributed by atoms with Crippen LogP contribution in [0.25, 0.3) is 10.9 Å². The average Bonchev–Trinajstić information content (AvgIpc) is 2.37. The van der Waals surface area contributed by atoms with Gasteiger partial charge in [0.25, 0.3) is 0 Å². The number of pyridine rings is 1. The first-order chi connectivity index (χ1) is 9.22. The van der Waals surface area contributed by atoms with Crippen molar-refractivity contribution in [3.63, 3.8) is 0 Å². The Morgan fingerprint density at radius 3 is 2.89 bits per heavy atom. The molecule has 4 rings (SSSR count). The van der Waals surface area contributed by atoms with Gasteiger partial charge in [-0.1, -0.05) is 18.2 Å². The molecule has 2 aliphatic rings. The molecule has 3 nitrogen and oxygen atoms in total. The normalized spacial score (nSPS) is 29.2. The van der Waals surface area contributed by atoms with Crippen LogP contribution in [0.2, 0.25) is 0 Å². The number of rotatable bonds is 0. The summed E-state index contributed by atoms with van der Waals surface area (Å²) in [4.78, 5) is 4.82. The minimum absolute atomic E-state index is 0.164. The quantitative estimate of drug-likeness (QED) is 0.759. The molecular formula is C16H18N2O. The van der Waals surface area contributed by atoms with E-state index < -0.39 is 0 Å². The molecule has 2 aliphatic carbocycles. The summed E-state index contributed by atoms with van der Waals surface area (Å²) < 4.78 is 0. The van der Waals surface area contributed by atoms with E-state index in [4.69, 9.17) is 10.7 Å². The van der Waals surface area contributed by atoms with E-state index >= 15 is 0 Å². The first kappa shape index (κ1) is 11.2. The summed E-state index contributed by atoms with van der Waals surface area (Å²) in [6, 6.07) is 8.09. The Morgan fingerprint density at radius 1 is 1.16 bits per heavy atom. The zero-order valence-corrected chi connectivity index (χ0v) is 10.8. The van der Waals surface area contributed by atoms with E-state index in [0.717, 1.165) is 42.3 Å². The molecule has 0 aliphatic heterocycles. The molecule has 3 unspecified atom stereocenters. The van der Waals surface area contributed by atoms with Crippen molar-refractivity contribution in [3.05, 3.63) is 35.5 Å². The SMILES string of the molecule is Nc1c2c(nc3ccccc13)CC1CC(O)CC2C1. The smallest absolute Gasteiger partial charge is 0.0726 e. The van der Waals surface area contributed by atoms with E-state index in [2.05, 4.69) is 0 Å². The maximum Gasteiger partial charge on any atom is 0.0726 e. The summed E-state index contributed by atoms with van der Waals surface area (Å²) in [5.74, 6) is 0.976. The number of nitrogens with zero attached hydrogens (tertiary/aromatic N) is 1. The van der Waals surface area contributed by atoms with Crippen molar-refractivity contribution in [1.29, 1.82) is 0 Å². The van der Waals surface area contributed by atoms with E-state index in [9.17, 15) is 5.11 Å². The van der Waals surface area contributed by atoms with Crippen molar-refractivity contribution in [3.8, 4) is 0 Å². The highest BCUT2D eigenvalue weighted by Gasteiger charge is 2.36. The summed E-state index contributed by atoms with van der Waals surface area (Å²) >= 11 is 0. The monoisotopic (exact) mass is 254 g/mol. The number of nitrogen functional groups attached to an aromatic ring is 1. The van der Waals surface area contributed by atoms with Crippen LogP contribution >= 0.6 is 0 Å². The van der Waals surface area contributed by atoms with Gasteiger partial charge in [-0.15, -0.1) is 0 Å². The minimum Gasteiger partial charge on any atom is -0.398 e. The Kier molecular flexibility index (Phi) is 2.33. The fourth-order valence-corrected chi connectivity index (χ4v) is 4.00. The number of hydrogen-bond acceptors (Lipinski definition) is 3. The van der Waals surface area contributed by atoms with Gasteiger partial charge in [0.05, 0.1) is 11.6 Å². The van der Waals surface area contributed by atoms with Crippen molar-refractivity contribution in [2.24, 2.45) is 5.92 Å². The van der Waals surface area contributed by atoms with Gasteiger partial charge in [0, 0.05) is 22.3 Å². The molecule has 0 amide bonds. The number of anilines is 1. The molecule has 0 radical (unpaired) electrons. The van der Waals surface area contributed by atoms with Crippen LogP contribution in [-0.4, -0.2) is 16.2 Å². The summed E-state index contributed by atoms with van der Waals surface area (Å²) in [6.07, 6.45) is 3.73. The van der Waals surface area contributed by atoms with Gasteiger partial charge in [0.1, 0.15) is 0 Å². The summed E-state index contributed by atoms with van der Waals surface area (Å²) in [5.41, 5.74) is 10.7. The van der Waals surface area contributed by atoms with Crippen molar-refractivity contribution in [1.82, 2.24) is 4.98 Å². The van der Waals surface area contributed by atoms with Crippen LogP contribution in [0.1, 0.15) is 36.4 Å². The molecule has 98 valence electrons. The molecule has 2 bridgehead atoms. The summed E-state index contributed by atoms with van der Waals surface area (Å²) in [7, 11) is 0. The fraction of sp³-hybridized carbons (Fsp3) is 0.438. The second-order valence-corrected chi connectivity index (χ2v) is 6.03. The van der Waals surface area contributed by atoms with Gasteiger partial charge in [0.15, 0.2) is 0 Å². The van der Waals surface area contributed by atoms with Crippen LogP contribution < -0.4 is 5.73 Å². The Bertz CT molecular complexity index is 652. The van der Waals surface area contributed by atoms with Crippen LogP contribution in [0.5, 0.6) is 0 Å². The molecule has 1 saturated carbocycles. The van der Waals surface area contributed by atoms with Crippen molar-refractivity contribution < 1.29 is 5.11 Å². The molecule has 19 heavy (non-hydrogen) atoms. The maximum atomic E-state index is 9.98. The standard InChI is InChI=1S/C16H18N2O/c17-16-12-3-1-2-4-13(12)18-14-7-9-5-10(15(14)16)8-11(19)6-9/h1-4,9-11,19H,5-8H2,(H2,17,18). The van der Waals surface area contributed by atoms with Gasteiger partial charge in [-0.3, -0.25) is 4.98 Å². The number of aliphatic hydroxyl groups is 1. The highest BCUT2D eigenvalue weighted by molar-refractivity contribution is 5.92. The zero-order valence-electron chi connectivity index (χ0n) is 10.8. The van der Waals surface area contributed by atoms with Gasteiger partial charge in [0.2, 0.25) is 0 Å². The predicted octanol–water partition coefficient (Wildman–Crippen LogP) is 2.62. The molecule has 0 saturated heterocycles. The highest BCUT2D eigenvalue weighted by Crippen LogP contribution is 2.46. The lowest BCUT2D eigenvalue weighted by Gasteiger charge is -2.38. The Balaban J connectivity index is 1.96. The lowest BCUT2D eigenvalue weighted by Crippen LogP contribution is -2.32. The number of fused-ring (bicyclic) bond motifs is 5. The zero-order chi connectivity index (χ0) is 13.0. The first-order valence-corrected chi connectivity index (χ1v) is 7.07. The van der Waals surface area contributed by atoms with E-state index in [1.165, 1.54) is 11.3 Å².